The molecule has 1 saturated heterocycles. The molecule has 0 atom stereocenters. The van der Waals surface area contributed by atoms with Gasteiger partial charge < -0.3 is 10.2 Å². The first-order valence-corrected chi connectivity index (χ1v) is 13.1. The zero-order valence-corrected chi connectivity index (χ0v) is 21.2. The highest BCUT2D eigenvalue weighted by molar-refractivity contribution is 9.10. The summed E-state index contributed by atoms with van der Waals surface area (Å²) in [4.78, 5) is 13.4. The highest BCUT2D eigenvalue weighted by atomic mass is 79.9. The number of halogens is 2. The molecule has 11 heteroatoms. The van der Waals surface area contributed by atoms with Crippen LogP contribution in [0.1, 0.15) is 5.56 Å². The zero-order chi connectivity index (χ0) is 24.3. The number of piperazine rings is 1. The third-order valence-electron chi connectivity index (χ3n) is 5.63. The third kappa shape index (κ3) is 5.52. The standard InChI is InChI=1S/C23H22BrClN4O4S/c24-18-3-8-21(9-4-18)34(32,33)28-13-11-27(12-14-28)20-7-10-23(29(30)31)22(15-20)26-16-17-1-5-19(25)6-2-17/h1-10,15,26H,11-14,16H2. The summed E-state index contributed by atoms with van der Waals surface area (Å²) < 4.78 is 28.2. The molecule has 1 fully saturated rings. The molecular weight excluding hydrogens is 544 g/mol. The number of nitrogens with zero attached hydrogens (tertiary/aromatic N) is 3. The van der Waals surface area contributed by atoms with Crippen molar-refractivity contribution in [1.29, 1.82) is 0 Å². The predicted molar refractivity (Wildman–Crippen MR) is 137 cm³/mol. The van der Waals surface area contributed by atoms with Crippen molar-refractivity contribution in [3.63, 3.8) is 0 Å². The third-order valence-corrected chi connectivity index (χ3v) is 8.32. The molecule has 1 N–H and O–H groups in total. The highest BCUT2D eigenvalue weighted by Crippen LogP contribution is 2.31. The predicted octanol–water partition coefficient (Wildman–Crippen LogP) is 5.13. The summed E-state index contributed by atoms with van der Waals surface area (Å²) in [6.07, 6.45) is 0. The van der Waals surface area contributed by atoms with Crippen LogP contribution in [-0.4, -0.2) is 43.8 Å². The molecule has 34 heavy (non-hydrogen) atoms. The zero-order valence-electron chi connectivity index (χ0n) is 18.0. The van der Waals surface area contributed by atoms with Gasteiger partial charge in [-0.05, 0) is 54.1 Å². The number of nitrogens with one attached hydrogen (secondary N) is 1. The van der Waals surface area contributed by atoms with E-state index in [9.17, 15) is 18.5 Å². The molecule has 0 aromatic heterocycles. The van der Waals surface area contributed by atoms with Gasteiger partial charge in [0, 0.05) is 54.0 Å². The molecule has 0 unspecified atom stereocenters. The van der Waals surface area contributed by atoms with E-state index in [-0.39, 0.29) is 10.6 Å². The summed E-state index contributed by atoms with van der Waals surface area (Å²) in [5, 5.41) is 15.3. The van der Waals surface area contributed by atoms with Crippen LogP contribution in [0.3, 0.4) is 0 Å². The Bertz CT molecular complexity index is 1280. The molecule has 0 saturated carbocycles. The van der Waals surface area contributed by atoms with Crippen molar-refractivity contribution in [1.82, 2.24) is 4.31 Å². The molecule has 1 aliphatic rings. The van der Waals surface area contributed by atoms with Crippen molar-refractivity contribution in [3.05, 3.63) is 91.9 Å². The molecule has 0 spiro atoms. The number of hydrogen-bond donors (Lipinski definition) is 1. The second-order valence-electron chi connectivity index (χ2n) is 7.78. The van der Waals surface area contributed by atoms with E-state index >= 15 is 0 Å². The van der Waals surface area contributed by atoms with Gasteiger partial charge in [0.2, 0.25) is 10.0 Å². The van der Waals surface area contributed by atoms with Crippen LogP contribution in [0, 0.1) is 10.1 Å². The summed E-state index contributed by atoms with van der Waals surface area (Å²) in [7, 11) is -3.58. The molecule has 178 valence electrons. The van der Waals surface area contributed by atoms with Gasteiger partial charge in [-0.3, -0.25) is 10.1 Å². The summed E-state index contributed by atoms with van der Waals surface area (Å²) in [5.41, 5.74) is 2.12. The maximum absolute atomic E-state index is 13.0. The van der Waals surface area contributed by atoms with Gasteiger partial charge in [0.25, 0.3) is 5.69 Å². The van der Waals surface area contributed by atoms with Crippen LogP contribution in [0.15, 0.2) is 76.1 Å². The number of nitro benzene ring substituents is 1. The lowest BCUT2D eigenvalue weighted by molar-refractivity contribution is -0.384. The Morgan fingerprint density at radius 2 is 1.62 bits per heavy atom. The Kier molecular flexibility index (Phi) is 7.42. The largest absolute Gasteiger partial charge is 0.375 e. The highest BCUT2D eigenvalue weighted by Gasteiger charge is 2.29. The van der Waals surface area contributed by atoms with Gasteiger partial charge in [-0.25, -0.2) is 8.42 Å². The van der Waals surface area contributed by atoms with Crippen molar-refractivity contribution < 1.29 is 13.3 Å². The monoisotopic (exact) mass is 564 g/mol. The van der Waals surface area contributed by atoms with E-state index in [1.165, 1.54) is 10.4 Å². The fraction of sp³-hybridized carbons (Fsp3) is 0.217. The molecule has 0 aliphatic carbocycles. The van der Waals surface area contributed by atoms with Gasteiger partial charge in [0.1, 0.15) is 5.69 Å². The summed E-state index contributed by atoms with van der Waals surface area (Å²) in [6.45, 7) is 2.00. The van der Waals surface area contributed by atoms with E-state index in [1.807, 2.05) is 17.0 Å². The van der Waals surface area contributed by atoms with Crippen LogP contribution < -0.4 is 10.2 Å². The lowest BCUT2D eigenvalue weighted by atomic mass is 10.2. The molecule has 3 aromatic carbocycles. The first-order chi connectivity index (χ1) is 16.2. The lowest BCUT2D eigenvalue weighted by Crippen LogP contribution is -2.48. The molecule has 4 rings (SSSR count). The van der Waals surface area contributed by atoms with Gasteiger partial charge in [-0.1, -0.05) is 39.7 Å². The van der Waals surface area contributed by atoms with E-state index in [2.05, 4.69) is 21.2 Å². The molecule has 8 nitrogen and oxygen atoms in total. The Morgan fingerprint density at radius 3 is 2.24 bits per heavy atom. The first kappa shape index (κ1) is 24.5. The second kappa shape index (κ2) is 10.3. The van der Waals surface area contributed by atoms with Crippen molar-refractivity contribution in [2.75, 3.05) is 36.4 Å². The average molecular weight is 566 g/mol. The molecular formula is C23H22BrClN4O4S. The fourth-order valence-corrected chi connectivity index (χ4v) is 5.58. The number of benzene rings is 3. The van der Waals surface area contributed by atoms with Crippen LogP contribution in [0.25, 0.3) is 0 Å². The Morgan fingerprint density at radius 1 is 0.971 bits per heavy atom. The van der Waals surface area contributed by atoms with Gasteiger partial charge in [0.15, 0.2) is 0 Å². The normalized spacial score (nSPS) is 14.7. The Labute approximate surface area is 211 Å². The van der Waals surface area contributed by atoms with Crippen LogP contribution in [-0.2, 0) is 16.6 Å². The molecule has 3 aromatic rings. The van der Waals surface area contributed by atoms with Crippen molar-refractivity contribution in [3.8, 4) is 0 Å². The van der Waals surface area contributed by atoms with Crippen LogP contribution >= 0.6 is 27.5 Å². The summed E-state index contributed by atoms with van der Waals surface area (Å²) >= 11 is 9.24. The minimum atomic E-state index is -3.58. The Hall–Kier alpha value is -2.66. The molecule has 0 amide bonds. The van der Waals surface area contributed by atoms with Crippen molar-refractivity contribution in [2.24, 2.45) is 0 Å². The maximum atomic E-state index is 13.0. The molecule has 1 aliphatic heterocycles. The number of nitro groups is 1. The second-order valence-corrected chi connectivity index (χ2v) is 11.1. The fourth-order valence-electron chi connectivity index (χ4n) is 3.76. The minimum Gasteiger partial charge on any atom is -0.375 e. The lowest BCUT2D eigenvalue weighted by Gasteiger charge is -2.35. The first-order valence-electron chi connectivity index (χ1n) is 10.5. The van der Waals surface area contributed by atoms with Crippen LogP contribution in [0.2, 0.25) is 5.02 Å². The van der Waals surface area contributed by atoms with E-state index in [0.29, 0.717) is 43.4 Å². The van der Waals surface area contributed by atoms with Gasteiger partial charge in [0.05, 0.1) is 9.82 Å². The maximum Gasteiger partial charge on any atom is 0.292 e. The quantitative estimate of drug-likeness (QED) is 0.315. The average Bonchev–Trinajstić information content (AvgIpc) is 2.84. The molecule has 0 radical (unpaired) electrons. The Balaban J connectivity index is 1.47. The van der Waals surface area contributed by atoms with Crippen molar-refractivity contribution >= 4 is 54.6 Å². The van der Waals surface area contributed by atoms with E-state index < -0.39 is 14.9 Å². The van der Waals surface area contributed by atoms with Gasteiger partial charge in [-0.15, -0.1) is 0 Å². The summed E-state index contributed by atoms with van der Waals surface area (Å²) in [5.74, 6) is 0. The molecule has 0 bridgehead atoms. The van der Waals surface area contributed by atoms with Gasteiger partial charge >= 0.3 is 0 Å². The van der Waals surface area contributed by atoms with E-state index in [4.69, 9.17) is 11.6 Å². The van der Waals surface area contributed by atoms with Crippen LogP contribution in [0.5, 0.6) is 0 Å². The van der Waals surface area contributed by atoms with Crippen molar-refractivity contribution in [2.45, 2.75) is 11.4 Å². The van der Waals surface area contributed by atoms with Crippen LogP contribution in [0.4, 0.5) is 17.1 Å². The minimum absolute atomic E-state index is 0.0193. The number of hydrogen-bond acceptors (Lipinski definition) is 6. The topological polar surface area (TPSA) is 95.8 Å². The van der Waals surface area contributed by atoms with Gasteiger partial charge in [-0.2, -0.15) is 4.31 Å². The SMILES string of the molecule is O=[N+]([O-])c1ccc(N2CCN(S(=O)(=O)c3ccc(Br)cc3)CC2)cc1NCc1ccc(Cl)cc1. The summed E-state index contributed by atoms with van der Waals surface area (Å²) in [6, 6.07) is 18.8. The number of sulfonamides is 1. The number of rotatable bonds is 7. The smallest absolute Gasteiger partial charge is 0.292 e. The number of anilines is 2. The molecule has 1 heterocycles. The van der Waals surface area contributed by atoms with E-state index in [1.54, 1.807) is 48.5 Å². The van der Waals surface area contributed by atoms with E-state index in [0.717, 1.165) is 15.7 Å².